The first kappa shape index (κ1) is 18.6. The second-order valence-electron chi connectivity index (χ2n) is 5.59. The monoisotopic (exact) mass is 338 g/mol. The number of hydrogen-bond acceptors (Lipinski definition) is 2. The zero-order valence-corrected chi connectivity index (χ0v) is 13.5. The van der Waals surface area contributed by atoms with Crippen LogP contribution in [0.1, 0.15) is 30.9 Å². The normalized spacial score (nSPS) is 20.9. The van der Waals surface area contributed by atoms with Crippen LogP contribution in [0.25, 0.3) is 0 Å². The quantitative estimate of drug-likeness (QED) is 0.906. The molecule has 6 heteroatoms. The van der Waals surface area contributed by atoms with Gasteiger partial charge in [0.15, 0.2) is 0 Å². The summed E-state index contributed by atoms with van der Waals surface area (Å²) in [6.45, 7) is 3.79. The maximum atomic E-state index is 14.1. The average molecular weight is 339 g/mol. The molecule has 1 N–H and O–H groups in total. The van der Waals surface area contributed by atoms with Crippen LogP contribution in [0.5, 0.6) is 0 Å². The van der Waals surface area contributed by atoms with Crippen LogP contribution < -0.4 is 5.32 Å². The molecule has 0 spiro atoms. The summed E-state index contributed by atoms with van der Waals surface area (Å²) in [5.74, 6) is -0.359. The molecule has 0 bridgehead atoms. The summed E-state index contributed by atoms with van der Waals surface area (Å²) in [4.78, 5) is 2.36. The summed E-state index contributed by atoms with van der Waals surface area (Å²) in [7, 11) is 0. The van der Waals surface area contributed by atoms with Crippen molar-refractivity contribution in [2.24, 2.45) is 5.92 Å². The Balaban J connectivity index is 0.00000110. The number of halogens is 4. The van der Waals surface area contributed by atoms with Gasteiger partial charge in [-0.15, -0.1) is 24.8 Å². The fourth-order valence-electron chi connectivity index (χ4n) is 3.21. The molecule has 120 valence electrons. The van der Waals surface area contributed by atoms with Crippen LogP contribution in [0, 0.1) is 17.6 Å². The van der Waals surface area contributed by atoms with Crippen molar-refractivity contribution in [3.05, 3.63) is 35.4 Å². The number of rotatable bonds is 3. The highest BCUT2D eigenvalue weighted by Gasteiger charge is 2.35. The second kappa shape index (κ2) is 8.28. The molecule has 1 aromatic rings. The lowest BCUT2D eigenvalue weighted by Gasteiger charge is -2.43. The third-order valence-corrected chi connectivity index (χ3v) is 4.42. The molecule has 1 atom stereocenters. The highest BCUT2D eigenvalue weighted by molar-refractivity contribution is 5.85. The van der Waals surface area contributed by atoms with Crippen LogP contribution in [-0.4, -0.2) is 31.1 Å². The van der Waals surface area contributed by atoms with Crippen molar-refractivity contribution in [3.63, 3.8) is 0 Å². The zero-order valence-electron chi connectivity index (χ0n) is 11.9. The Hall–Kier alpha value is -0.420. The minimum Gasteiger partial charge on any atom is -0.314 e. The average Bonchev–Trinajstić information content (AvgIpc) is 2.35. The number of hydrogen-bond donors (Lipinski definition) is 1. The Morgan fingerprint density at radius 3 is 2.29 bits per heavy atom. The van der Waals surface area contributed by atoms with Gasteiger partial charge < -0.3 is 5.32 Å². The lowest BCUT2D eigenvalue weighted by atomic mass is 9.76. The van der Waals surface area contributed by atoms with Crippen LogP contribution in [-0.2, 0) is 0 Å². The molecule has 1 aliphatic heterocycles. The molecule has 3 rings (SSSR count). The van der Waals surface area contributed by atoms with E-state index in [1.165, 1.54) is 12.5 Å². The summed E-state index contributed by atoms with van der Waals surface area (Å²) in [6, 6.07) is 4.15. The molecule has 2 aliphatic rings. The van der Waals surface area contributed by atoms with E-state index in [4.69, 9.17) is 0 Å². The van der Waals surface area contributed by atoms with Crippen molar-refractivity contribution in [2.45, 2.75) is 25.3 Å². The van der Waals surface area contributed by atoms with E-state index in [2.05, 4.69) is 10.2 Å². The SMILES string of the molecule is Cl.Cl.Fc1ccc([C@@H](C2CCC2)N2CCNCC2)c(F)c1. The summed E-state index contributed by atoms with van der Waals surface area (Å²) >= 11 is 0. The van der Waals surface area contributed by atoms with Crippen LogP contribution in [0.3, 0.4) is 0 Å². The Kier molecular flexibility index (Phi) is 7.34. The van der Waals surface area contributed by atoms with E-state index in [0.29, 0.717) is 11.5 Å². The summed E-state index contributed by atoms with van der Waals surface area (Å²) in [6.07, 6.45) is 3.55. The molecule has 21 heavy (non-hydrogen) atoms. The van der Waals surface area contributed by atoms with Gasteiger partial charge in [0.05, 0.1) is 0 Å². The molecule has 1 saturated carbocycles. The van der Waals surface area contributed by atoms with Gasteiger partial charge in [-0.3, -0.25) is 4.90 Å². The standard InChI is InChI=1S/C15H20F2N2.2ClH/c16-12-4-5-13(14(17)10-12)15(11-2-1-3-11)19-8-6-18-7-9-19;;/h4-5,10-11,15,18H,1-3,6-9H2;2*1H/t15-;;/m1../s1. The first-order chi connectivity index (χ1) is 9.25. The smallest absolute Gasteiger partial charge is 0.130 e. The topological polar surface area (TPSA) is 15.3 Å². The zero-order chi connectivity index (χ0) is 13.2. The fourth-order valence-corrected chi connectivity index (χ4v) is 3.21. The van der Waals surface area contributed by atoms with E-state index in [1.807, 2.05) is 0 Å². The van der Waals surface area contributed by atoms with Crippen molar-refractivity contribution in [2.75, 3.05) is 26.2 Å². The number of nitrogens with zero attached hydrogens (tertiary/aromatic N) is 1. The van der Waals surface area contributed by atoms with Crippen LogP contribution >= 0.6 is 24.8 Å². The van der Waals surface area contributed by atoms with Gasteiger partial charge in [0, 0.05) is 43.9 Å². The lowest BCUT2D eigenvalue weighted by Crippen LogP contribution is -2.48. The van der Waals surface area contributed by atoms with E-state index < -0.39 is 11.6 Å². The first-order valence-corrected chi connectivity index (χ1v) is 7.15. The van der Waals surface area contributed by atoms with E-state index in [-0.39, 0.29) is 30.9 Å². The van der Waals surface area contributed by atoms with Gasteiger partial charge in [0.2, 0.25) is 0 Å². The summed E-state index contributed by atoms with van der Waals surface area (Å²) in [5, 5.41) is 3.32. The molecule has 2 nitrogen and oxygen atoms in total. The maximum Gasteiger partial charge on any atom is 0.130 e. The van der Waals surface area contributed by atoms with Crippen LogP contribution in [0.15, 0.2) is 18.2 Å². The molecule has 0 radical (unpaired) electrons. The van der Waals surface area contributed by atoms with Gasteiger partial charge in [-0.05, 0) is 24.8 Å². The van der Waals surface area contributed by atoms with Crippen molar-refractivity contribution >= 4 is 24.8 Å². The Bertz CT molecular complexity index is 449. The molecule has 1 aliphatic carbocycles. The predicted octanol–water partition coefficient (Wildman–Crippen LogP) is 3.55. The lowest BCUT2D eigenvalue weighted by molar-refractivity contribution is 0.0811. The first-order valence-electron chi connectivity index (χ1n) is 7.15. The largest absolute Gasteiger partial charge is 0.314 e. The molecule has 1 aromatic carbocycles. The molecular formula is C15H22Cl2F2N2. The molecule has 0 aromatic heterocycles. The minimum atomic E-state index is -0.492. The summed E-state index contributed by atoms with van der Waals surface area (Å²) in [5.41, 5.74) is 0.674. The van der Waals surface area contributed by atoms with E-state index >= 15 is 0 Å². The van der Waals surface area contributed by atoms with Gasteiger partial charge in [0.25, 0.3) is 0 Å². The summed E-state index contributed by atoms with van der Waals surface area (Å²) < 4.78 is 27.2. The molecular weight excluding hydrogens is 317 g/mol. The number of piperazine rings is 1. The Morgan fingerprint density at radius 2 is 1.76 bits per heavy atom. The van der Waals surface area contributed by atoms with Gasteiger partial charge in [0.1, 0.15) is 11.6 Å². The minimum absolute atomic E-state index is 0. The number of benzene rings is 1. The van der Waals surface area contributed by atoms with Crippen LogP contribution in [0.2, 0.25) is 0 Å². The van der Waals surface area contributed by atoms with Gasteiger partial charge in [-0.1, -0.05) is 12.5 Å². The van der Waals surface area contributed by atoms with E-state index in [9.17, 15) is 8.78 Å². The third-order valence-electron chi connectivity index (χ3n) is 4.42. The molecule has 0 unspecified atom stereocenters. The van der Waals surface area contributed by atoms with Crippen molar-refractivity contribution < 1.29 is 8.78 Å². The molecule has 1 saturated heterocycles. The third kappa shape index (κ3) is 4.07. The highest BCUT2D eigenvalue weighted by atomic mass is 35.5. The van der Waals surface area contributed by atoms with Crippen molar-refractivity contribution in [1.82, 2.24) is 10.2 Å². The fraction of sp³-hybridized carbons (Fsp3) is 0.600. The molecule has 0 amide bonds. The van der Waals surface area contributed by atoms with E-state index in [0.717, 1.165) is 45.1 Å². The van der Waals surface area contributed by atoms with Crippen LogP contribution in [0.4, 0.5) is 8.78 Å². The predicted molar refractivity (Wildman–Crippen MR) is 85.4 cm³/mol. The van der Waals surface area contributed by atoms with E-state index in [1.54, 1.807) is 6.07 Å². The van der Waals surface area contributed by atoms with Gasteiger partial charge in [-0.2, -0.15) is 0 Å². The van der Waals surface area contributed by atoms with Gasteiger partial charge >= 0.3 is 0 Å². The second-order valence-corrected chi connectivity index (χ2v) is 5.59. The molecule has 1 heterocycles. The van der Waals surface area contributed by atoms with Crippen molar-refractivity contribution in [1.29, 1.82) is 0 Å². The number of nitrogens with one attached hydrogen (secondary N) is 1. The highest BCUT2D eigenvalue weighted by Crippen LogP contribution is 2.42. The Morgan fingerprint density at radius 1 is 1.10 bits per heavy atom. The molecule has 2 fully saturated rings. The maximum absolute atomic E-state index is 14.1. The Labute approximate surface area is 137 Å². The van der Waals surface area contributed by atoms with Crippen molar-refractivity contribution in [3.8, 4) is 0 Å². The van der Waals surface area contributed by atoms with Gasteiger partial charge in [-0.25, -0.2) is 8.78 Å².